The van der Waals surface area contributed by atoms with Crippen LogP contribution in [0.1, 0.15) is 24.2 Å². The minimum Gasteiger partial charge on any atom is -0.497 e. The maximum absolute atomic E-state index is 12.0. The van der Waals surface area contributed by atoms with E-state index in [1.807, 2.05) is 13.8 Å². The molecule has 0 heterocycles. The van der Waals surface area contributed by atoms with E-state index in [1.165, 1.54) is 12.1 Å². The van der Waals surface area contributed by atoms with Crippen molar-refractivity contribution >= 4 is 23.5 Å². The molecule has 0 aliphatic carbocycles. The molecule has 0 aliphatic heterocycles. The van der Waals surface area contributed by atoms with Gasteiger partial charge in [-0.15, -0.1) is 0 Å². The van der Waals surface area contributed by atoms with E-state index in [-0.39, 0.29) is 30.6 Å². The SMILES string of the molecule is COc1cccc(NC(=O)COc2ccc(C(=O)OCC(=O)NCC(C)C)cc2)c1. The molecule has 0 bridgehead atoms. The Hall–Kier alpha value is -3.55. The van der Waals surface area contributed by atoms with Crippen molar-refractivity contribution in [3.63, 3.8) is 0 Å². The topological polar surface area (TPSA) is 103 Å². The number of hydrogen-bond donors (Lipinski definition) is 2. The summed E-state index contributed by atoms with van der Waals surface area (Å²) in [5, 5.41) is 5.37. The van der Waals surface area contributed by atoms with Gasteiger partial charge in [0.25, 0.3) is 11.8 Å². The van der Waals surface area contributed by atoms with Crippen LogP contribution in [-0.2, 0) is 14.3 Å². The fourth-order valence-electron chi connectivity index (χ4n) is 2.32. The molecular formula is C22H26N2O6. The van der Waals surface area contributed by atoms with Gasteiger partial charge >= 0.3 is 5.97 Å². The van der Waals surface area contributed by atoms with Crippen molar-refractivity contribution in [2.24, 2.45) is 5.92 Å². The summed E-state index contributed by atoms with van der Waals surface area (Å²) in [4.78, 5) is 35.6. The zero-order valence-electron chi connectivity index (χ0n) is 17.3. The third-order valence-corrected chi connectivity index (χ3v) is 3.86. The Kier molecular flexibility index (Phi) is 8.68. The summed E-state index contributed by atoms with van der Waals surface area (Å²) >= 11 is 0. The lowest BCUT2D eigenvalue weighted by Gasteiger charge is -2.10. The molecule has 8 heteroatoms. The third-order valence-electron chi connectivity index (χ3n) is 3.86. The van der Waals surface area contributed by atoms with Crippen LogP contribution in [0.3, 0.4) is 0 Å². The van der Waals surface area contributed by atoms with Crippen molar-refractivity contribution in [1.82, 2.24) is 5.32 Å². The molecule has 30 heavy (non-hydrogen) atoms. The van der Waals surface area contributed by atoms with Gasteiger partial charge in [-0.25, -0.2) is 4.79 Å². The maximum atomic E-state index is 12.0. The van der Waals surface area contributed by atoms with Crippen LogP contribution in [0.15, 0.2) is 48.5 Å². The minimum atomic E-state index is -0.614. The molecule has 160 valence electrons. The molecule has 0 atom stereocenters. The number of methoxy groups -OCH3 is 1. The summed E-state index contributed by atoms with van der Waals surface area (Å²) in [7, 11) is 1.55. The van der Waals surface area contributed by atoms with Crippen molar-refractivity contribution in [2.45, 2.75) is 13.8 Å². The zero-order valence-corrected chi connectivity index (χ0v) is 17.3. The molecule has 2 aromatic carbocycles. The van der Waals surface area contributed by atoms with E-state index >= 15 is 0 Å². The number of hydrogen-bond acceptors (Lipinski definition) is 6. The lowest BCUT2D eigenvalue weighted by Crippen LogP contribution is -2.31. The molecule has 0 saturated heterocycles. The number of esters is 1. The van der Waals surface area contributed by atoms with Gasteiger partial charge in [0.2, 0.25) is 0 Å². The molecule has 2 amide bonds. The molecule has 2 N–H and O–H groups in total. The maximum Gasteiger partial charge on any atom is 0.338 e. The van der Waals surface area contributed by atoms with Gasteiger partial charge in [0.05, 0.1) is 12.7 Å². The molecule has 0 radical (unpaired) electrons. The number of carbonyl (C=O) groups is 3. The van der Waals surface area contributed by atoms with Gasteiger partial charge in [-0.3, -0.25) is 9.59 Å². The van der Waals surface area contributed by atoms with E-state index < -0.39 is 5.97 Å². The molecule has 2 rings (SSSR count). The average molecular weight is 414 g/mol. The van der Waals surface area contributed by atoms with E-state index in [4.69, 9.17) is 14.2 Å². The van der Waals surface area contributed by atoms with Gasteiger partial charge < -0.3 is 24.8 Å². The Morgan fingerprint density at radius 2 is 1.67 bits per heavy atom. The van der Waals surface area contributed by atoms with Crippen LogP contribution < -0.4 is 20.1 Å². The van der Waals surface area contributed by atoms with Crippen molar-refractivity contribution < 1.29 is 28.6 Å². The molecule has 0 unspecified atom stereocenters. The first-order valence-electron chi connectivity index (χ1n) is 9.48. The molecule has 0 spiro atoms. The highest BCUT2D eigenvalue weighted by molar-refractivity contribution is 5.92. The average Bonchev–Trinajstić information content (AvgIpc) is 2.75. The summed E-state index contributed by atoms with van der Waals surface area (Å²) < 4.78 is 15.5. The molecule has 0 saturated carbocycles. The highest BCUT2D eigenvalue weighted by atomic mass is 16.5. The highest BCUT2D eigenvalue weighted by Crippen LogP contribution is 2.17. The van der Waals surface area contributed by atoms with Crippen molar-refractivity contribution in [2.75, 3.05) is 32.2 Å². The van der Waals surface area contributed by atoms with E-state index in [0.29, 0.717) is 29.6 Å². The summed E-state index contributed by atoms with van der Waals surface area (Å²) in [6, 6.07) is 13.1. The Morgan fingerprint density at radius 3 is 2.33 bits per heavy atom. The number of rotatable bonds is 10. The summed E-state index contributed by atoms with van der Waals surface area (Å²) in [5.41, 5.74) is 0.873. The lowest BCUT2D eigenvalue weighted by molar-refractivity contribution is -0.124. The monoisotopic (exact) mass is 414 g/mol. The minimum absolute atomic E-state index is 0.197. The van der Waals surface area contributed by atoms with Crippen LogP contribution in [0, 0.1) is 5.92 Å². The Labute approximate surface area is 175 Å². The first-order chi connectivity index (χ1) is 14.4. The molecular weight excluding hydrogens is 388 g/mol. The highest BCUT2D eigenvalue weighted by Gasteiger charge is 2.11. The van der Waals surface area contributed by atoms with Gasteiger partial charge in [-0.2, -0.15) is 0 Å². The van der Waals surface area contributed by atoms with Crippen molar-refractivity contribution in [3.05, 3.63) is 54.1 Å². The Morgan fingerprint density at radius 1 is 0.933 bits per heavy atom. The van der Waals surface area contributed by atoms with Crippen LogP contribution in [0.25, 0.3) is 0 Å². The first-order valence-corrected chi connectivity index (χ1v) is 9.48. The van der Waals surface area contributed by atoms with E-state index in [9.17, 15) is 14.4 Å². The predicted octanol–water partition coefficient (Wildman–Crippen LogP) is 2.64. The van der Waals surface area contributed by atoms with Gasteiger partial charge in [0.1, 0.15) is 11.5 Å². The molecule has 0 aliphatic rings. The number of nitrogens with one attached hydrogen (secondary N) is 2. The molecule has 2 aromatic rings. The van der Waals surface area contributed by atoms with Crippen LogP contribution in [0.5, 0.6) is 11.5 Å². The van der Waals surface area contributed by atoms with E-state index in [0.717, 1.165) is 0 Å². The summed E-state index contributed by atoms with van der Waals surface area (Å²) in [6.45, 7) is 3.93. The van der Waals surface area contributed by atoms with Gasteiger partial charge in [0.15, 0.2) is 13.2 Å². The van der Waals surface area contributed by atoms with E-state index in [2.05, 4.69) is 10.6 Å². The number of amides is 2. The number of ether oxygens (including phenoxy) is 3. The largest absolute Gasteiger partial charge is 0.497 e. The Bertz CT molecular complexity index is 864. The number of anilines is 1. The van der Waals surface area contributed by atoms with Crippen LogP contribution in [-0.4, -0.2) is 44.7 Å². The van der Waals surface area contributed by atoms with Gasteiger partial charge in [-0.1, -0.05) is 19.9 Å². The van der Waals surface area contributed by atoms with E-state index in [1.54, 1.807) is 43.5 Å². The summed E-state index contributed by atoms with van der Waals surface area (Å²) in [5.74, 6) is 0.0700. The standard InChI is InChI=1S/C22H26N2O6/c1-15(2)12-23-20(25)13-30-22(27)16-7-9-18(10-8-16)29-14-21(26)24-17-5-4-6-19(11-17)28-3/h4-11,15H,12-14H2,1-3H3,(H,23,25)(H,24,26). The zero-order chi connectivity index (χ0) is 21.9. The second kappa shape index (κ2) is 11.5. The molecule has 0 fully saturated rings. The van der Waals surface area contributed by atoms with Crippen LogP contribution in [0.2, 0.25) is 0 Å². The van der Waals surface area contributed by atoms with Gasteiger partial charge in [-0.05, 0) is 42.3 Å². The predicted molar refractivity (Wildman–Crippen MR) is 112 cm³/mol. The summed E-state index contributed by atoms with van der Waals surface area (Å²) in [6.07, 6.45) is 0. The Balaban J connectivity index is 1.77. The second-order valence-electron chi connectivity index (χ2n) is 6.87. The first kappa shape index (κ1) is 22.7. The number of benzene rings is 2. The quantitative estimate of drug-likeness (QED) is 0.580. The van der Waals surface area contributed by atoms with Gasteiger partial charge in [0, 0.05) is 18.3 Å². The fourth-order valence-corrected chi connectivity index (χ4v) is 2.32. The molecule has 8 nitrogen and oxygen atoms in total. The van der Waals surface area contributed by atoms with Crippen LogP contribution >= 0.6 is 0 Å². The smallest absolute Gasteiger partial charge is 0.338 e. The fraction of sp³-hybridized carbons (Fsp3) is 0.318. The van der Waals surface area contributed by atoms with Crippen molar-refractivity contribution in [3.8, 4) is 11.5 Å². The second-order valence-corrected chi connectivity index (χ2v) is 6.87. The van der Waals surface area contributed by atoms with Crippen molar-refractivity contribution in [1.29, 1.82) is 0 Å². The number of carbonyl (C=O) groups excluding carboxylic acids is 3. The normalized spacial score (nSPS) is 10.3. The van der Waals surface area contributed by atoms with Crippen LogP contribution in [0.4, 0.5) is 5.69 Å². The third kappa shape index (κ3) is 7.83. The lowest BCUT2D eigenvalue weighted by atomic mass is 10.2. The molecule has 0 aromatic heterocycles.